The average Bonchev–Trinajstić information content (AvgIpc) is 2.85. The molecule has 0 aliphatic carbocycles. The molecule has 0 fully saturated rings. The van der Waals surface area contributed by atoms with Gasteiger partial charge in [-0.2, -0.15) is 0 Å². The summed E-state index contributed by atoms with van der Waals surface area (Å²) in [5.41, 5.74) is 2.67. The van der Waals surface area contributed by atoms with Gasteiger partial charge in [-0.1, -0.05) is 12.1 Å². The number of likely N-dealkylation sites (N-methyl/N-ethyl adjacent to an activating group) is 1. The van der Waals surface area contributed by atoms with Crippen molar-refractivity contribution in [2.45, 2.75) is 13.1 Å². The molecule has 4 heteroatoms. The Morgan fingerprint density at radius 1 is 1.25 bits per heavy atom. The highest BCUT2D eigenvalue weighted by atomic mass is 16.5. The van der Waals surface area contributed by atoms with Crippen molar-refractivity contribution in [2.75, 3.05) is 40.9 Å². The normalized spacial score (nSPS) is 11.6. The van der Waals surface area contributed by atoms with Gasteiger partial charge in [0.25, 0.3) is 0 Å². The summed E-state index contributed by atoms with van der Waals surface area (Å²) in [5.74, 6) is 0. The number of methoxy groups -OCH3 is 1. The Balaban J connectivity index is 2.08. The standard InChI is InChI=1S/C16H25N3O/c1-18(2)10-11-19-9-7-15-14(5-4-6-16(15)19)13-17-8-12-20-3/h4-7,9,17H,8,10-13H2,1-3H3. The van der Waals surface area contributed by atoms with Gasteiger partial charge in [0.15, 0.2) is 0 Å². The highest BCUT2D eigenvalue weighted by Crippen LogP contribution is 2.20. The fourth-order valence-corrected chi connectivity index (χ4v) is 2.34. The molecule has 0 bridgehead atoms. The van der Waals surface area contributed by atoms with E-state index in [1.165, 1.54) is 16.5 Å². The molecule has 0 unspecified atom stereocenters. The average molecular weight is 275 g/mol. The summed E-state index contributed by atoms with van der Waals surface area (Å²) in [6.45, 7) is 4.60. The van der Waals surface area contributed by atoms with E-state index in [9.17, 15) is 0 Å². The lowest BCUT2D eigenvalue weighted by atomic mass is 10.1. The van der Waals surface area contributed by atoms with Crippen LogP contribution in [-0.4, -0.2) is 50.4 Å². The van der Waals surface area contributed by atoms with E-state index in [0.29, 0.717) is 0 Å². The van der Waals surface area contributed by atoms with Crippen molar-refractivity contribution in [2.24, 2.45) is 0 Å². The van der Waals surface area contributed by atoms with Crippen LogP contribution in [0.25, 0.3) is 10.9 Å². The summed E-state index contributed by atoms with van der Waals surface area (Å²) in [6, 6.07) is 8.75. The van der Waals surface area contributed by atoms with Crippen LogP contribution in [0.2, 0.25) is 0 Å². The molecule has 1 N–H and O–H groups in total. The largest absolute Gasteiger partial charge is 0.383 e. The highest BCUT2D eigenvalue weighted by Gasteiger charge is 2.05. The Labute approximate surface area is 121 Å². The summed E-state index contributed by atoms with van der Waals surface area (Å²) in [4.78, 5) is 2.21. The van der Waals surface area contributed by atoms with Crippen molar-refractivity contribution in [1.82, 2.24) is 14.8 Å². The van der Waals surface area contributed by atoms with Crippen molar-refractivity contribution in [3.05, 3.63) is 36.0 Å². The smallest absolute Gasteiger partial charge is 0.0587 e. The van der Waals surface area contributed by atoms with Crippen LogP contribution in [0.5, 0.6) is 0 Å². The van der Waals surface area contributed by atoms with Crippen molar-refractivity contribution in [3.63, 3.8) is 0 Å². The summed E-state index contributed by atoms with van der Waals surface area (Å²) in [5, 5.41) is 4.76. The number of nitrogens with zero attached hydrogens (tertiary/aromatic N) is 2. The van der Waals surface area contributed by atoms with Gasteiger partial charge >= 0.3 is 0 Å². The number of fused-ring (bicyclic) bond motifs is 1. The molecule has 20 heavy (non-hydrogen) atoms. The molecule has 2 rings (SSSR count). The quantitative estimate of drug-likeness (QED) is 0.747. The predicted octanol–water partition coefficient (Wildman–Crippen LogP) is 1.94. The molecular formula is C16H25N3O. The van der Waals surface area contributed by atoms with E-state index >= 15 is 0 Å². The van der Waals surface area contributed by atoms with Crippen molar-refractivity contribution in [3.8, 4) is 0 Å². The molecule has 110 valence electrons. The molecule has 0 aliphatic heterocycles. The minimum Gasteiger partial charge on any atom is -0.383 e. The van der Waals surface area contributed by atoms with Crippen molar-refractivity contribution < 1.29 is 4.74 Å². The van der Waals surface area contributed by atoms with E-state index < -0.39 is 0 Å². The van der Waals surface area contributed by atoms with E-state index in [0.717, 1.165) is 32.8 Å². The zero-order chi connectivity index (χ0) is 14.4. The molecular weight excluding hydrogens is 250 g/mol. The second-order valence-corrected chi connectivity index (χ2v) is 5.33. The van der Waals surface area contributed by atoms with Gasteiger partial charge in [-0.25, -0.2) is 0 Å². The van der Waals surface area contributed by atoms with Crippen LogP contribution in [-0.2, 0) is 17.8 Å². The van der Waals surface area contributed by atoms with Gasteiger partial charge in [0.2, 0.25) is 0 Å². The SMILES string of the molecule is COCCNCc1cccc2c1ccn2CCN(C)C. The van der Waals surface area contributed by atoms with Crippen LogP contribution in [0, 0.1) is 0 Å². The first-order valence-electron chi connectivity index (χ1n) is 7.13. The van der Waals surface area contributed by atoms with Gasteiger partial charge in [0.1, 0.15) is 0 Å². The number of nitrogens with one attached hydrogen (secondary N) is 1. The third-order valence-corrected chi connectivity index (χ3v) is 3.49. The molecule has 1 aromatic carbocycles. The first-order valence-corrected chi connectivity index (χ1v) is 7.13. The number of rotatable bonds is 8. The first-order chi connectivity index (χ1) is 9.72. The molecule has 0 spiro atoms. The van der Waals surface area contributed by atoms with E-state index in [1.807, 2.05) is 0 Å². The lowest BCUT2D eigenvalue weighted by Crippen LogP contribution is -2.19. The fourth-order valence-electron chi connectivity index (χ4n) is 2.34. The molecule has 2 aromatic rings. The van der Waals surface area contributed by atoms with Crippen LogP contribution in [0.3, 0.4) is 0 Å². The monoisotopic (exact) mass is 275 g/mol. The Hall–Kier alpha value is -1.36. The number of hydrogen-bond acceptors (Lipinski definition) is 3. The van der Waals surface area contributed by atoms with Gasteiger partial charge in [0.05, 0.1) is 6.61 Å². The van der Waals surface area contributed by atoms with Gasteiger partial charge in [-0.3, -0.25) is 0 Å². The highest BCUT2D eigenvalue weighted by molar-refractivity contribution is 5.83. The molecule has 0 radical (unpaired) electrons. The number of benzene rings is 1. The zero-order valence-corrected chi connectivity index (χ0v) is 12.7. The maximum Gasteiger partial charge on any atom is 0.0587 e. The van der Waals surface area contributed by atoms with E-state index in [-0.39, 0.29) is 0 Å². The second kappa shape index (κ2) is 7.43. The summed E-state index contributed by atoms with van der Waals surface area (Å²) in [7, 11) is 5.95. The Morgan fingerprint density at radius 3 is 2.85 bits per heavy atom. The summed E-state index contributed by atoms with van der Waals surface area (Å²) >= 11 is 0. The lowest BCUT2D eigenvalue weighted by Gasteiger charge is -2.12. The third-order valence-electron chi connectivity index (χ3n) is 3.49. The fraction of sp³-hybridized carbons (Fsp3) is 0.500. The number of ether oxygens (including phenoxy) is 1. The van der Waals surface area contributed by atoms with Crippen LogP contribution in [0.4, 0.5) is 0 Å². The van der Waals surface area contributed by atoms with Crippen molar-refractivity contribution >= 4 is 10.9 Å². The number of hydrogen-bond donors (Lipinski definition) is 1. The molecule has 4 nitrogen and oxygen atoms in total. The van der Waals surface area contributed by atoms with Gasteiger partial charge in [-0.15, -0.1) is 0 Å². The van der Waals surface area contributed by atoms with Gasteiger partial charge in [0, 0.05) is 50.4 Å². The molecule has 0 atom stereocenters. The van der Waals surface area contributed by atoms with Crippen molar-refractivity contribution in [1.29, 1.82) is 0 Å². The van der Waals surface area contributed by atoms with Crippen LogP contribution in [0.1, 0.15) is 5.56 Å². The Morgan fingerprint density at radius 2 is 2.10 bits per heavy atom. The molecule has 0 aliphatic rings. The first kappa shape index (κ1) is 15.0. The molecule has 1 aromatic heterocycles. The van der Waals surface area contributed by atoms with E-state index in [1.54, 1.807) is 7.11 Å². The van der Waals surface area contributed by atoms with E-state index in [4.69, 9.17) is 4.74 Å². The van der Waals surface area contributed by atoms with Gasteiger partial charge < -0.3 is 19.5 Å². The van der Waals surface area contributed by atoms with E-state index in [2.05, 4.69) is 59.3 Å². The minimum absolute atomic E-state index is 0.750. The topological polar surface area (TPSA) is 29.4 Å². The molecule has 0 saturated carbocycles. The zero-order valence-electron chi connectivity index (χ0n) is 12.7. The number of aromatic nitrogens is 1. The predicted molar refractivity (Wildman–Crippen MR) is 84.1 cm³/mol. The summed E-state index contributed by atoms with van der Waals surface area (Å²) in [6.07, 6.45) is 2.19. The lowest BCUT2D eigenvalue weighted by molar-refractivity contribution is 0.199. The molecule has 0 saturated heterocycles. The Bertz CT molecular complexity index is 534. The summed E-state index contributed by atoms with van der Waals surface area (Å²) < 4.78 is 7.38. The third kappa shape index (κ3) is 3.82. The molecule has 0 amide bonds. The maximum atomic E-state index is 5.05. The molecule has 1 heterocycles. The van der Waals surface area contributed by atoms with Gasteiger partial charge in [-0.05, 0) is 31.8 Å². The maximum absolute atomic E-state index is 5.05. The second-order valence-electron chi connectivity index (χ2n) is 5.33. The van der Waals surface area contributed by atoms with Crippen LogP contribution >= 0.6 is 0 Å². The Kier molecular flexibility index (Phi) is 5.59. The van der Waals surface area contributed by atoms with Crippen LogP contribution in [0.15, 0.2) is 30.5 Å². The van der Waals surface area contributed by atoms with Crippen LogP contribution < -0.4 is 5.32 Å². The minimum atomic E-state index is 0.750.